The first-order valence-corrected chi connectivity index (χ1v) is 6.12. The molecule has 1 aromatic heterocycles. The average molecular weight is 238 g/mol. The van der Waals surface area contributed by atoms with E-state index in [1.807, 2.05) is 6.92 Å². The molecular formula is C12H18N2OS. The summed E-state index contributed by atoms with van der Waals surface area (Å²) in [7, 11) is 0. The zero-order chi connectivity index (χ0) is 12.0. The van der Waals surface area contributed by atoms with Gasteiger partial charge in [-0.25, -0.2) is 0 Å². The first-order chi connectivity index (χ1) is 7.63. The van der Waals surface area contributed by atoms with Crippen LogP contribution < -0.4 is 10.6 Å². The molecule has 16 heavy (non-hydrogen) atoms. The van der Waals surface area contributed by atoms with Crippen molar-refractivity contribution in [3.8, 4) is 0 Å². The molecule has 1 amide bonds. The summed E-state index contributed by atoms with van der Waals surface area (Å²) in [5.41, 5.74) is 0. The maximum absolute atomic E-state index is 11.5. The third kappa shape index (κ3) is 4.16. The Morgan fingerprint density at radius 1 is 1.62 bits per heavy atom. The van der Waals surface area contributed by atoms with Crippen molar-refractivity contribution in [3.63, 3.8) is 0 Å². The van der Waals surface area contributed by atoms with Gasteiger partial charge in [0.2, 0.25) is 5.91 Å². The molecule has 0 saturated carbocycles. The number of carbonyl (C=O) groups is 1. The number of rotatable bonds is 6. The van der Waals surface area contributed by atoms with Crippen molar-refractivity contribution in [3.05, 3.63) is 34.5 Å². The lowest BCUT2D eigenvalue weighted by atomic mass is 10.2. The van der Waals surface area contributed by atoms with Gasteiger partial charge in [-0.1, -0.05) is 6.08 Å². The minimum absolute atomic E-state index is 0.0143. The molecule has 1 rings (SSSR count). The van der Waals surface area contributed by atoms with Gasteiger partial charge in [-0.15, -0.1) is 17.9 Å². The highest BCUT2D eigenvalue weighted by Gasteiger charge is 2.10. The van der Waals surface area contributed by atoms with Gasteiger partial charge in [-0.3, -0.25) is 4.79 Å². The molecule has 0 saturated heterocycles. The normalized spacial score (nSPS) is 12.1. The molecule has 0 aliphatic rings. The van der Waals surface area contributed by atoms with Crippen molar-refractivity contribution >= 4 is 17.2 Å². The lowest BCUT2D eigenvalue weighted by Crippen LogP contribution is -2.35. The smallest absolute Gasteiger partial charge is 0.234 e. The molecule has 88 valence electrons. The number of amides is 1. The number of nitrogens with one attached hydrogen (secondary N) is 2. The topological polar surface area (TPSA) is 41.1 Å². The van der Waals surface area contributed by atoms with E-state index in [0.29, 0.717) is 13.1 Å². The summed E-state index contributed by atoms with van der Waals surface area (Å²) in [5.74, 6) is 0.0143. The second kappa shape index (κ2) is 6.45. The largest absolute Gasteiger partial charge is 0.348 e. The number of hydrogen-bond donors (Lipinski definition) is 2. The van der Waals surface area contributed by atoms with Gasteiger partial charge < -0.3 is 10.6 Å². The van der Waals surface area contributed by atoms with Crippen molar-refractivity contribution in [1.82, 2.24) is 10.6 Å². The second-order valence-electron chi connectivity index (χ2n) is 3.66. The van der Waals surface area contributed by atoms with E-state index in [0.717, 1.165) is 0 Å². The highest BCUT2D eigenvalue weighted by Crippen LogP contribution is 2.21. The SMILES string of the molecule is C=CCNCC(=O)NC(C)c1ccc(C)s1. The van der Waals surface area contributed by atoms with Crippen LogP contribution in [0.15, 0.2) is 24.8 Å². The monoisotopic (exact) mass is 238 g/mol. The third-order valence-electron chi connectivity index (χ3n) is 2.14. The van der Waals surface area contributed by atoms with Gasteiger partial charge in [-0.05, 0) is 26.0 Å². The molecule has 3 nitrogen and oxygen atoms in total. The molecule has 1 aromatic rings. The molecule has 1 unspecified atom stereocenters. The molecule has 4 heteroatoms. The number of aryl methyl sites for hydroxylation is 1. The zero-order valence-corrected chi connectivity index (χ0v) is 10.6. The first-order valence-electron chi connectivity index (χ1n) is 5.30. The Morgan fingerprint density at radius 2 is 2.38 bits per heavy atom. The molecular weight excluding hydrogens is 220 g/mol. The van der Waals surface area contributed by atoms with Crippen LogP contribution in [0, 0.1) is 6.92 Å². The molecule has 2 N–H and O–H groups in total. The summed E-state index contributed by atoms with van der Waals surface area (Å²) in [6, 6.07) is 4.21. The zero-order valence-electron chi connectivity index (χ0n) is 9.75. The van der Waals surface area contributed by atoms with E-state index < -0.39 is 0 Å². The summed E-state index contributed by atoms with van der Waals surface area (Å²) in [6.07, 6.45) is 1.74. The van der Waals surface area contributed by atoms with E-state index in [9.17, 15) is 4.79 Å². The maximum atomic E-state index is 11.5. The Labute approximate surface area is 101 Å². The number of thiophene rings is 1. The molecule has 0 aliphatic carbocycles. The van der Waals surface area contributed by atoms with Crippen LogP contribution in [-0.4, -0.2) is 19.0 Å². The number of hydrogen-bond acceptors (Lipinski definition) is 3. The summed E-state index contributed by atoms with van der Waals surface area (Å²) in [4.78, 5) is 14.0. The van der Waals surface area contributed by atoms with Crippen LogP contribution in [0.4, 0.5) is 0 Å². The minimum Gasteiger partial charge on any atom is -0.348 e. The standard InChI is InChI=1S/C12H18N2OS/c1-4-7-13-8-12(15)14-10(3)11-6-5-9(2)16-11/h4-6,10,13H,1,7-8H2,2-3H3,(H,14,15). The highest BCUT2D eigenvalue weighted by molar-refractivity contribution is 7.12. The quantitative estimate of drug-likeness (QED) is 0.588. The molecule has 0 spiro atoms. The molecule has 1 heterocycles. The van der Waals surface area contributed by atoms with Crippen LogP contribution in [0.3, 0.4) is 0 Å². The molecule has 1 atom stereocenters. The van der Waals surface area contributed by atoms with Crippen molar-refractivity contribution in [1.29, 1.82) is 0 Å². The molecule has 0 fully saturated rings. The predicted molar refractivity (Wildman–Crippen MR) is 68.7 cm³/mol. The third-order valence-corrected chi connectivity index (χ3v) is 3.32. The fraction of sp³-hybridized carbons (Fsp3) is 0.417. The molecule has 0 aromatic carbocycles. The Balaban J connectivity index is 2.36. The Kier molecular flexibility index (Phi) is 5.22. The van der Waals surface area contributed by atoms with Gasteiger partial charge in [0.05, 0.1) is 12.6 Å². The lowest BCUT2D eigenvalue weighted by Gasteiger charge is -2.12. The minimum atomic E-state index is 0.0143. The van der Waals surface area contributed by atoms with Gasteiger partial charge in [0, 0.05) is 16.3 Å². The fourth-order valence-electron chi connectivity index (χ4n) is 1.34. The van der Waals surface area contributed by atoms with E-state index in [1.165, 1.54) is 9.75 Å². The van der Waals surface area contributed by atoms with Crippen molar-refractivity contribution in [2.45, 2.75) is 19.9 Å². The van der Waals surface area contributed by atoms with Crippen LogP contribution in [-0.2, 0) is 4.79 Å². The van der Waals surface area contributed by atoms with Gasteiger partial charge >= 0.3 is 0 Å². The summed E-state index contributed by atoms with van der Waals surface area (Å²) in [5, 5.41) is 5.91. The van der Waals surface area contributed by atoms with Crippen LogP contribution in [0.5, 0.6) is 0 Å². The predicted octanol–water partition coefficient (Wildman–Crippen LogP) is 2.01. The highest BCUT2D eigenvalue weighted by atomic mass is 32.1. The van der Waals surface area contributed by atoms with E-state index in [4.69, 9.17) is 0 Å². The Bertz CT molecular complexity index is 360. The Hall–Kier alpha value is -1.13. The lowest BCUT2D eigenvalue weighted by molar-refractivity contribution is -0.120. The van der Waals surface area contributed by atoms with Gasteiger partial charge in [0.1, 0.15) is 0 Å². The van der Waals surface area contributed by atoms with E-state index in [1.54, 1.807) is 17.4 Å². The van der Waals surface area contributed by atoms with Crippen molar-refractivity contribution < 1.29 is 4.79 Å². The van der Waals surface area contributed by atoms with E-state index in [-0.39, 0.29) is 11.9 Å². The summed E-state index contributed by atoms with van der Waals surface area (Å²) < 4.78 is 0. The van der Waals surface area contributed by atoms with Crippen LogP contribution in [0.2, 0.25) is 0 Å². The second-order valence-corrected chi connectivity index (χ2v) is 4.98. The van der Waals surface area contributed by atoms with Crippen LogP contribution in [0.1, 0.15) is 22.7 Å². The molecule has 0 aliphatic heterocycles. The van der Waals surface area contributed by atoms with Crippen LogP contribution in [0.25, 0.3) is 0 Å². The number of carbonyl (C=O) groups excluding carboxylic acids is 1. The van der Waals surface area contributed by atoms with Crippen LogP contribution >= 0.6 is 11.3 Å². The maximum Gasteiger partial charge on any atom is 0.234 e. The fourth-order valence-corrected chi connectivity index (χ4v) is 2.22. The molecule has 0 bridgehead atoms. The van der Waals surface area contributed by atoms with Gasteiger partial charge in [0.25, 0.3) is 0 Å². The molecule has 0 radical (unpaired) electrons. The van der Waals surface area contributed by atoms with Gasteiger partial charge in [0.15, 0.2) is 0 Å². The Morgan fingerprint density at radius 3 is 2.94 bits per heavy atom. The van der Waals surface area contributed by atoms with E-state index >= 15 is 0 Å². The van der Waals surface area contributed by atoms with Gasteiger partial charge in [-0.2, -0.15) is 0 Å². The average Bonchev–Trinajstić information content (AvgIpc) is 2.65. The van der Waals surface area contributed by atoms with Crippen molar-refractivity contribution in [2.75, 3.05) is 13.1 Å². The van der Waals surface area contributed by atoms with Crippen molar-refractivity contribution in [2.24, 2.45) is 0 Å². The first kappa shape index (κ1) is 12.9. The van der Waals surface area contributed by atoms with E-state index in [2.05, 4.69) is 36.3 Å². The summed E-state index contributed by atoms with van der Waals surface area (Å²) >= 11 is 1.71. The summed E-state index contributed by atoms with van der Waals surface area (Å²) in [6.45, 7) is 8.62.